The lowest BCUT2D eigenvalue weighted by atomic mass is 10.1. The Labute approximate surface area is 133 Å². The minimum atomic E-state index is -0.302. The van der Waals surface area contributed by atoms with Crippen LogP contribution in [0.2, 0.25) is 0 Å². The van der Waals surface area contributed by atoms with E-state index in [4.69, 9.17) is 4.74 Å². The van der Waals surface area contributed by atoms with Crippen molar-refractivity contribution in [2.75, 3.05) is 11.9 Å². The van der Waals surface area contributed by atoms with Crippen molar-refractivity contribution >= 4 is 27.6 Å². The molecule has 0 aliphatic heterocycles. The molecule has 0 spiro atoms. The predicted octanol–water partition coefficient (Wildman–Crippen LogP) is 4.55. The van der Waals surface area contributed by atoms with Gasteiger partial charge < -0.3 is 10.1 Å². The highest BCUT2D eigenvalue weighted by Crippen LogP contribution is 2.21. The van der Waals surface area contributed by atoms with Gasteiger partial charge in [0, 0.05) is 16.7 Å². The van der Waals surface area contributed by atoms with Gasteiger partial charge in [0.15, 0.2) is 0 Å². The summed E-state index contributed by atoms with van der Waals surface area (Å²) in [6.45, 7) is 4.86. The molecule has 0 saturated heterocycles. The van der Waals surface area contributed by atoms with Crippen molar-refractivity contribution in [3.05, 3.63) is 63.6 Å². The second kappa shape index (κ2) is 7.27. The maximum Gasteiger partial charge on any atom is 0.340 e. The molecule has 0 aliphatic carbocycles. The highest BCUT2D eigenvalue weighted by molar-refractivity contribution is 9.10. The molecule has 110 valence electrons. The van der Waals surface area contributed by atoms with Crippen molar-refractivity contribution in [3.63, 3.8) is 0 Å². The lowest BCUT2D eigenvalue weighted by molar-refractivity contribution is 0.0527. The average molecular weight is 348 g/mol. The molecule has 0 amide bonds. The van der Waals surface area contributed by atoms with Crippen LogP contribution in [0.15, 0.2) is 46.9 Å². The summed E-state index contributed by atoms with van der Waals surface area (Å²) in [4.78, 5) is 11.9. The van der Waals surface area contributed by atoms with Crippen LogP contribution in [0.1, 0.15) is 28.4 Å². The van der Waals surface area contributed by atoms with Gasteiger partial charge in [-0.25, -0.2) is 4.79 Å². The van der Waals surface area contributed by atoms with Crippen LogP contribution in [0.25, 0.3) is 0 Å². The summed E-state index contributed by atoms with van der Waals surface area (Å²) in [7, 11) is 0. The smallest absolute Gasteiger partial charge is 0.340 e. The van der Waals surface area contributed by atoms with Crippen molar-refractivity contribution in [3.8, 4) is 0 Å². The molecule has 3 nitrogen and oxygen atoms in total. The Morgan fingerprint density at radius 3 is 2.71 bits per heavy atom. The molecule has 2 aromatic carbocycles. The van der Waals surface area contributed by atoms with Gasteiger partial charge in [-0.2, -0.15) is 0 Å². The molecule has 21 heavy (non-hydrogen) atoms. The zero-order chi connectivity index (χ0) is 15.2. The molecule has 0 saturated carbocycles. The summed E-state index contributed by atoms with van der Waals surface area (Å²) in [5.41, 5.74) is 3.68. The number of anilines is 1. The van der Waals surface area contributed by atoms with E-state index in [-0.39, 0.29) is 5.97 Å². The highest BCUT2D eigenvalue weighted by atomic mass is 79.9. The molecule has 0 aromatic heterocycles. The summed E-state index contributed by atoms with van der Waals surface area (Å²) in [6, 6.07) is 13.6. The van der Waals surface area contributed by atoms with Gasteiger partial charge in [0.2, 0.25) is 0 Å². The minimum absolute atomic E-state index is 0.302. The molecular weight excluding hydrogens is 330 g/mol. The molecule has 2 rings (SSSR count). The molecule has 0 atom stereocenters. The second-order valence-corrected chi connectivity index (χ2v) is 5.57. The van der Waals surface area contributed by atoms with Crippen molar-refractivity contribution in [2.24, 2.45) is 0 Å². The van der Waals surface area contributed by atoms with Gasteiger partial charge in [0.25, 0.3) is 0 Å². The number of halogens is 1. The Hall–Kier alpha value is -1.81. The number of hydrogen-bond donors (Lipinski definition) is 1. The monoisotopic (exact) mass is 347 g/mol. The Kier molecular flexibility index (Phi) is 5.39. The number of nitrogens with one attached hydrogen (secondary N) is 1. The van der Waals surface area contributed by atoms with E-state index < -0.39 is 0 Å². The van der Waals surface area contributed by atoms with Gasteiger partial charge in [-0.1, -0.05) is 40.2 Å². The van der Waals surface area contributed by atoms with E-state index in [1.807, 2.05) is 18.2 Å². The van der Waals surface area contributed by atoms with Gasteiger partial charge in [0.1, 0.15) is 0 Å². The van der Waals surface area contributed by atoms with Crippen LogP contribution >= 0.6 is 15.9 Å². The number of carbonyl (C=O) groups is 1. The van der Waals surface area contributed by atoms with Crippen LogP contribution in [0.4, 0.5) is 5.69 Å². The first-order valence-corrected chi connectivity index (χ1v) is 7.66. The maximum absolute atomic E-state index is 11.9. The molecule has 0 bridgehead atoms. The van der Waals surface area contributed by atoms with Crippen LogP contribution in [-0.2, 0) is 11.3 Å². The van der Waals surface area contributed by atoms with Gasteiger partial charge in [-0.15, -0.1) is 0 Å². The fourth-order valence-electron chi connectivity index (χ4n) is 2.01. The van der Waals surface area contributed by atoms with Crippen LogP contribution in [0, 0.1) is 6.92 Å². The molecule has 0 unspecified atom stereocenters. The van der Waals surface area contributed by atoms with Gasteiger partial charge in [-0.05, 0) is 43.2 Å². The number of hydrogen-bond acceptors (Lipinski definition) is 3. The lowest BCUT2D eigenvalue weighted by Crippen LogP contribution is -2.10. The Bertz CT molecular complexity index is 640. The minimum Gasteiger partial charge on any atom is -0.462 e. The van der Waals surface area contributed by atoms with Crippen LogP contribution in [0.5, 0.6) is 0 Å². The van der Waals surface area contributed by atoms with E-state index in [1.165, 1.54) is 5.56 Å². The fourth-order valence-corrected chi connectivity index (χ4v) is 2.64. The Balaban J connectivity index is 2.14. The van der Waals surface area contributed by atoms with Gasteiger partial charge in [-0.3, -0.25) is 0 Å². The fraction of sp³-hybridized carbons (Fsp3) is 0.235. The number of ether oxygens (including phenoxy) is 1. The van der Waals surface area contributed by atoms with Crippen molar-refractivity contribution in [1.82, 2.24) is 0 Å². The normalized spacial score (nSPS) is 10.2. The van der Waals surface area contributed by atoms with E-state index in [9.17, 15) is 4.79 Å². The number of esters is 1. The highest BCUT2D eigenvalue weighted by Gasteiger charge is 2.11. The molecule has 4 heteroatoms. The molecule has 2 aromatic rings. The molecule has 0 aliphatic rings. The van der Waals surface area contributed by atoms with E-state index in [2.05, 4.69) is 46.4 Å². The largest absolute Gasteiger partial charge is 0.462 e. The molecule has 0 fully saturated rings. The summed E-state index contributed by atoms with van der Waals surface area (Å²) < 4.78 is 6.13. The zero-order valence-corrected chi connectivity index (χ0v) is 13.7. The maximum atomic E-state index is 11.9. The van der Waals surface area contributed by atoms with Crippen LogP contribution in [-0.4, -0.2) is 12.6 Å². The quantitative estimate of drug-likeness (QED) is 0.806. The summed E-state index contributed by atoms with van der Waals surface area (Å²) in [5, 5.41) is 3.30. The lowest BCUT2D eigenvalue weighted by Gasteiger charge is -2.12. The van der Waals surface area contributed by atoms with Crippen molar-refractivity contribution in [1.29, 1.82) is 0 Å². The Morgan fingerprint density at radius 2 is 2.00 bits per heavy atom. The number of carbonyl (C=O) groups excluding carboxylic acids is 1. The SMILES string of the molecule is CCOC(=O)c1ccccc1NCc1ccc(C)cc1Br. The average Bonchev–Trinajstić information content (AvgIpc) is 2.47. The second-order valence-electron chi connectivity index (χ2n) is 4.71. The molecule has 0 radical (unpaired) electrons. The van der Waals surface area contributed by atoms with E-state index in [0.29, 0.717) is 18.7 Å². The number of aryl methyl sites for hydroxylation is 1. The Morgan fingerprint density at radius 1 is 1.24 bits per heavy atom. The summed E-state index contributed by atoms with van der Waals surface area (Å²) >= 11 is 3.56. The molecule has 0 heterocycles. The number of rotatable bonds is 5. The third kappa shape index (κ3) is 4.08. The van der Waals surface area contributed by atoms with E-state index >= 15 is 0 Å². The van der Waals surface area contributed by atoms with Crippen molar-refractivity contribution < 1.29 is 9.53 Å². The van der Waals surface area contributed by atoms with E-state index in [1.54, 1.807) is 13.0 Å². The first-order chi connectivity index (χ1) is 10.1. The first kappa shape index (κ1) is 15.6. The molecule has 1 N–H and O–H groups in total. The van der Waals surface area contributed by atoms with E-state index in [0.717, 1.165) is 15.7 Å². The number of para-hydroxylation sites is 1. The first-order valence-electron chi connectivity index (χ1n) is 6.87. The molecular formula is C17H18BrNO2. The van der Waals surface area contributed by atoms with Gasteiger partial charge >= 0.3 is 5.97 Å². The third-order valence-electron chi connectivity index (χ3n) is 3.10. The van der Waals surface area contributed by atoms with Crippen LogP contribution in [0.3, 0.4) is 0 Å². The standard InChI is InChI=1S/C17H18BrNO2/c1-3-21-17(20)14-6-4-5-7-16(14)19-11-13-9-8-12(2)10-15(13)18/h4-10,19H,3,11H2,1-2H3. The topological polar surface area (TPSA) is 38.3 Å². The summed E-state index contributed by atoms with van der Waals surface area (Å²) in [6.07, 6.45) is 0. The van der Waals surface area contributed by atoms with Gasteiger partial charge in [0.05, 0.1) is 12.2 Å². The van der Waals surface area contributed by atoms with Crippen molar-refractivity contribution in [2.45, 2.75) is 20.4 Å². The van der Waals surface area contributed by atoms with Crippen LogP contribution < -0.4 is 5.32 Å². The summed E-state index contributed by atoms with van der Waals surface area (Å²) in [5.74, 6) is -0.302. The third-order valence-corrected chi connectivity index (χ3v) is 3.84. The predicted molar refractivity (Wildman–Crippen MR) is 88.6 cm³/mol. The number of benzene rings is 2. The zero-order valence-electron chi connectivity index (χ0n) is 12.2.